The predicted octanol–water partition coefficient (Wildman–Crippen LogP) is 2.32. The molecule has 0 spiro atoms. The van der Waals surface area contributed by atoms with E-state index in [0.717, 1.165) is 24.3 Å². The zero-order valence-corrected chi connectivity index (χ0v) is 14.6. The normalized spacial score (nSPS) is 14.2. The van der Waals surface area contributed by atoms with E-state index >= 15 is 0 Å². The monoisotopic (exact) mass is 404 g/mol. The molecule has 0 radical (unpaired) electrons. The largest absolute Gasteiger partial charge is 0.289 e. The Morgan fingerprint density at radius 3 is 1.96 bits per heavy atom. The van der Waals surface area contributed by atoms with E-state index in [4.69, 9.17) is 21.4 Å². The first kappa shape index (κ1) is 17.1. The second-order valence-electron chi connectivity index (χ2n) is 4.92. The van der Waals surface area contributed by atoms with Crippen LogP contribution in [-0.4, -0.2) is 28.4 Å². The summed E-state index contributed by atoms with van der Waals surface area (Å²) in [5.41, 5.74) is -0.785. The lowest BCUT2D eigenvalue weighted by molar-refractivity contribution is 0.0976. The van der Waals surface area contributed by atoms with E-state index in [1.54, 1.807) is 0 Å². The molecule has 0 aliphatic heterocycles. The molecule has 10 heteroatoms. The number of carbonyl (C=O) groups excluding carboxylic acids is 2. The van der Waals surface area contributed by atoms with Crippen molar-refractivity contribution < 1.29 is 26.4 Å². The summed E-state index contributed by atoms with van der Waals surface area (Å²) in [6.07, 6.45) is 0. The highest BCUT2D eigenvalue weighted by atomic mass is 35.7. The van der Waals surface area contributed by atoms with Gasteiger partial charge in [-0.3, -0.25) is 9.59 Å². The molecule has 0 saturated carbocycles. The Hall–Kier alpha value is -1.74. The van der Waals surface area contributed by atoms with Crippen LogP contribution < -0.4 is 0 Å². The summed E-state index contributed by atoms with van der Waals surface area (Å²) in [4.78, 5) is 24.4. The third-order valence-electron chi connectivity index (χ3n) is 3.52. The number of carbonyl (C=O) groups is 2. The summed E-state index contributed by atoms with van der Waals surface area (Å²) in [5, 5.41) is 0. The van der Waals surface area contributed by atoms with Gasteiger partial charge in [-0.1, -0.05) is 12.1 Å². The third kappa shape index (κ3) is 2.65. The van der Waals surface area contributed by atoms with Crippen molar-refractivity contribution in [2.24, 2.45) is 0 Å². The summed E-state index contributed by atoms with van der Waals surface area (Å²) >= 11 is 0. The molecule has 1 aliphatic carbocycles. The molecule has 0 amide bonds. The minimum atomic E-state index is -4.25. The first-order valence-electron chi connectivity index (χ1n) is 6.27. The Balaban J connectivity index is 2.34. The van der Waals surface area contributed by atoms with Crippen molar-refractivity contribution in [3.63, 3.8) is 0 Å². The van der Waals surface area contributed by atoms with E-state index in [0.29, 0.717) is 0 Å². The Morgan fingerprint density at radius 2 is 1.38 bits per heavy atom. The number of hydrogen-bond donors (Lipinski definition) is 0. The van der Waals surface area contributed by atoms with Crippen molar-refractivity contribution in [1.29, 1.82) is 0 Å². The second-order valence-corrected chi connectivity index (χ2v) is 10.0. The number of ketones is 2. The molecule has 0 heterocycles. The summed E-state index contributed by atoms with van der Waals surface area (Å²) in [6.45, 7) is 0. The van der Waals surface area contributed by atoms with Crippen LogP contribution in [-0.2, 0) is 18.1 Å². The summed E-state index contributed by atoms with van der Waals surface area (Å²) in [7, 11) is 2.24. The molecule has 6 nitrogen and oxygen atoms in total. The maximum Gasteiger partial charge on any atom is 0.262 e. The molecule has 124 valence electrons. The average Bonchev–Trinajstić information content (AvgIpc) is 2.49. The lowest BCUT2D eigenvalue weighted by atomic mass is 9.84. The van der Waals surface area contributed by atoms with Gasteiger partial charge >= 0.3 is 0 Å². The van der Waals surface area contributed by atoms with Crippen molar-refractivity contribution in [1.82, 2.24) is 0 Å². The van der Waals surface area contributed by atoms with Gasteiger partial charge < -0.3 is 0 Å². The molecule has 2 aromatic carbocycles. The summed E-state index contributed by atoms with van der Waals surface area (Å²) < 4.78 is 46.1. The van der Waals surface area contributed by atoms with E-state index in [9.17, 15) is 26.4 Å². The predicted molar refractivity (Wildman–Crippen MR) is 85.8 cm³/mol. The van der Waals surface area contributed by atoms with Crippen LogP contribution in [0.4, 0.5) is 0 Å². The molecule has 24 heavy (non-hydrogen) atoms. The van der Waals surface area contributed by atoms with Crippen LogP contribution in [0.25, 0.3) is 0 Å². The molecule has 0 saturated heterocycles. The highest BCUT2D eigenvalue weighted by Crippen LogP contribution is 2.34. The molecular formula is C14H6Cl2O6S2. The quantitative estimate of drug-likeness (QED) is 0.607. The van der Waals surface area contributed by atoms with Crippen molar-refractivity contribution in [3.05, 3.63) is 58.7 Å². The maximum atomic E-state index is 12.6. The van der Waals surface area contributed by atoms with Gasteiger partial charge in [0.15, 0.2) is 11.6 Å². The van der Waals surface area contributed by atoms with Gasteiger partial charge in [-0.25, -0.2) is 16.8 Å². The molecule has 2 aromatic rings. The summed E-state index contributed by atoms with van der Waals surface area (Å²) in [6, 6.07) is 6.83. The number of rotatable bonds is 2. The third-order valence-corrected chi connectivity index (χ3v) is 6.24. The van der Waals surface area contributed by atoms with Crippen molar-refractivity contribution in [3.8, 4) is 0 Å². The lowest BCUT2D eigenvalue weighted by Crippen LogP contribution is -2.23. The summed E-state index contributed by atoms with van der Waals surface area (Å²) in [5.74, 6) is -1.43. The van der Waals surface area contributed by atoms with E-state index in [2.05, 4.69) is 0 Å². The highest BCUT2D eigenvalue weighted by Gasteiger charge is 2.35. The van der Waals surface area contributed by atoms with Gasteiger partial charge in [0.2, 0.25) is 0 Å². The standard InChI is InChI=1S/C14H6Cl2O6S2/c15-23(19,20)7-4-5-8-10(6-7)13(17)9-2-1-3-11(24(16,21)22)12(9)14(8)18/h1-6H. The van der Waals surface area contributed by atoms with Gasteiger partial charge in [-0.15, -0.1) is 0 Å². The van der Waals surface area contributed by atoms with Crippen LogP contribution in [0.1, 0.15) is 31.8 Å². The van der Waals surface area contributed by atoms with Crippen molar-refractivity contribution >= 4 is 51.0 Å². The van der Waals surface area contributed by atoms with Gasteiger partial charge in [-0.05, 0) is 24.3 Å². The molecule has 0 unspecified atom stereocenters. The van der Waals surface area contributed by atoms with Crippen LogP contribution in [0, 0.1) is 0 Å². The van der Waals surface area contributed by atoms with Gasteiger partial charge in [0.1, 0.15) is 0 Å². The number of halogens is 2. The van der Waals surface area contributed by atoms with Crippen LogP contribution in [0.2, 0.25) is 0 Å². The lowest BCUT2D eigenvalue weighted by Gasteiger charge is -2.19. The fraction of sp³-hybridized carbons (Fsp3) is 0. The fourth-order valence-electron chi connectivity index (χ4n) is 2.50. The molecular weight excluding hydrogens is 399 g/mol. The fourth-order valence-corrected chi connectivity index (χ4v) is 4.35. The van der Waals surface area contributed by atoms with Crippen LogP contribution in [0.5, 0.6) is 0 Å². The Labute approximate surface area is 145 Å². The smallest absolute Gasteiger partial charge is 0.262 e. The van der Waals surface area contributed by atoms with Gasteiger partial charge in [-0.2, -0.15) is 0 Å². The Bertz CT molecular complexity index is 1130. The maximum absolute atomic E-state index is 12.6. The molecule has 0 N–H and O–H groups in total. The van der Waals surface area contributed by atoms with E-state index < -0.39 is 34.6 Å². The molecule has 1 aliphatic rings. The Kier molecular flexibility index (Phi) is 3.83. The first-order valence-corrected chi connectivity index (χ1v) is 10.9. The van der Waals surface area contributed by atoms with Gasteiger partial charge in [0, 0.05) is 38.1 Å². The number of benzene rings is 2. The Morgan fingerprint density at radius 1 is 0.708 bits per heavy atom. The molecule has 0 aromatic heterocycles. The van der Waals surface area contributed by atoms with Gasteiger partial charge in [0.25, 0.3) is 18.1 Å². The van der Waals surface area contributed by atoms with Crippen molar-refractivity contribution in [2.75, 3.05) is 0 Å². The van der Waals surface area contributed by atoms with E-state index in [1.165, 1.54) is 12.1 Å². The van der Waals surface area contributed by atoms with Crippen LogP contribution in [0.3, 0.4) is 0 Å². The van der Waals surface area contributed by atoms with E-state index in [-0.39, 0.29) is 27.1 Å². The SMILES string of the molecule is O=C1c2cc(S(=O)(=O)Cl)ccc2C(=O)c2c1cccc2S(=O)(=O)Cl. The second kappa shape index (κ2) is 5.38. The molecule has 3 rings (SSSR count). The molecule has 0 bridgehead atoms. The van der Waals surface area contributed by atoms with Crippen molar-refractivity contribution in [2.45, 2.75) is 9.79 Å². The number of hydrogen-bond acceptors (Lipinski definition) is 6. The zero-order chi connectivity index (χ0) is 17.9. The van der Waals surface area contributed by atoms with Crippen LogP contribution in [0.15, 0.2) is 46.2 Å². The van der Waals surface area contributed by atoms with Gasteiger partial charge in [0.05, 0.1) is 15.4 Å². The highest BCUT2D eigenvalue weighted by molar-refractivity contribution is 8.14. The minimum Gasteiger partial charge on any atom is -0.289 e. The number of fused-ring (bicyclic) bond motifs is 2. The van der Waals surface area contributed by atoms with E-state index in [1.807, 2.05) is 0 Å². The average molecular weight is 405 g/mol. The first-order chi connectivity index (χ1) is 11.0. The van der Waals surface area contributed by atoms with Crippen LogP contribution >= 0.6 is 21.4 Å². The minimum absolute atomic E-state index is 0.121. The molecule has 0 fully saturated rings. The zero-order valence-electron chi connectivity index (χ0n) is 11.5. The molecule has 0 atom stereocenters. The topological polar surface area (TPSA) is 102 Å².